The van der Waals surface area contributed by atoms with E-state index in [9.17, 15) is 4.79 Å². The fourth-order valence-corrected chi connectivity index (χ4v) is 6.75. The zero-order valence-corrected chi connectivity index (χ0v) is 43.6. The van der Waals surface area contributed by atoms with Gasteiger partial charge in [-0.05, 0) is 49.1 Å². The number of nitriles is 1. The SMILES string of the molecule is C.CCCOc1ccnc(-n2cc(-c3cn[nH]c3N)cn2)c1.CCCOc1ccnc(-n2cc(CC#N)cn2)c1.CCCc1cnn(-c2cc(OCCN)ccn2)c1.COC(=O)Cc1cnn(-c2cc(OCCN)ccn2)c1. The number of anilines is 1. The Morgan fingerprint density at radius 2 is 1.01 bits per heavy atom. The lowest BCUT2D eigenvalue weighted by Gasteiger charge is -2.06. The second-order valence-corrected chi connectivity index (χ2v) is 16.5. The predicted octanol–water partition coefficient (Wildman–Crippen LogP) is 6.66. The second kappa shape index (κ2) is 32.1. The Bertz CT molecular complexity index is 3210. The molecule has 0 aliphatic heterocycles. The minimum Gasteiger partial charge on any atom is -0.493 e. The number of carbonyl (C=O) groups excluding carboxylic acids is 1. The van der Waals surface area contributed by atoms with Gasteiger partial charge in [-0.15, -0.1) is 0 Å². The molecule has 9 rings (SSSR count). The zero-order valence-electron chi connectivity index (χ0n) is 43.6. The van der Waals surface area contributed by atoms with Gasteiger partial charge in [0.05, 0.1) is 70.2 Å². The fourth-order valence-electron chi connectivity index (χ4n) is 6.75. The number of rotatable bonds is 22. The Balaban J connectivity index is 0.000000191. The highest BCUT2D eigenvalue weighted by atomic mass is 16.5. The van der Waals surface area contributed by atoms with E-state index in [1.165, 1.54) is 12.7 Å². The van der Waals surface area contributed by atoms with E-state index in [4.69, 9.17) is 41.4 Å². The van der Waals surface area contributed by atoms with E-state index in [1.54, 1.807) is 92.8 Å². The van der Waals surface area contributed by atoms with Gasteiger partial charge in [0.25, 0.3) is 0 Å². The van der Waals surface area contributed by atoms with Crippen molar-refractivity contribution in [3.63, 3.8) is 0 Å². The molecule has 0 aliphatic rings. The van der Waals surface area contributed by atoms with Gasteiger partial charge >= 0.3 is 5.97 Å². The van der Waals surface area contributed by atoms with Crippen LogP contribution in [0.3, 0.4) is 0 Å². The first kappa shape index (κ1) is 59.4. The number of methoxy groups -OCH3 is 1. The second-order valence-electron chi connectivity index (χ2n) is 16.5. The summed E-state index contributed by atoms with van der Waals surface area (Å²) in [6.45, 7) is 9.53. The molecule has 9 heterocycles. The summed E-state index contributed by atoms with van der Waals surface area (Å²) >= 11 is 0. The summed E-state index contributed by atoms with van der Waals surface area (Å²) in [6.07, 6.45) is 27.3. The van der Waals surface area contributed by atoms with Gasteiger partial charge in [-0.25, -0.2) is 38.7 Å². The molecule has 24 heteroatoms. The molecule has 0 atom stereocenters. The molecule has 0 radical (unpaired) electrons. The van der Waals surface area contributed by atoms with Crippen LogP contribution in [0.4, 0.5) is 5.82 Å². The lowest BCUT2D eigenvalue weighted by Crippen LogP contribution is -2.11. The predicted molar refractivity (Wildman–Crippen MR) is 294 cm³/mol. The van der Waals surface area contributed by atoms with Crippen molar-refractivity contribution in [2.45, 2.75) is 66.7 Å². The van der Waals surface area contributed by atoms with Crippen LogP contribution in [0.1, 0.15) is 64.2 Å². The number of ether oxygens (including phenoxy) is 5. The lowest BCUT2D eigenvalue weighted by molar-refractivity contribution is -0.139. The number of aryl methyl sites for hydroxylation is 1. The number of nitrogens with one attached hydrogen (secondary N) is 1. The summed E-state index contributed by atoms with van der Waals surface area (Å²) in [5.41, 5.74) is 21.1. The Morgan fingerprint density at radius 3 is 1.44 bits per heavy atom. The van der Waals surface area contributed by atoms with E-state index >= 15 is 0 Å². The van der Waals surface area contributed by atoms with Crippen LogP contribution in [0.5, 0.6) is 23.0 Å². The smallest absolute Gasteiger partial charge is 0.310 e. The monoisotopic (exact) mass is 1060 g/mol. The van der Waals surface area contributed by atoms with Gasteiger partial charge in [0.2, 0.25) is 0 Å². The summed E-state index contributed by atoms with van der Waals surface area (Å²) in [4.78, 5) is 28.2. The van der Waals surface area contributed by atoms with Gasteiger partial charge in [-0.2, -0.15) is 30.8 Å². The molecule has 9 aromatic rings. The van der Waals surface area contributed by atoms with Crippen molar-refractivity contribution < 1.29 is 28.5 Å². The molecule has 78 heavy (non-hydrogen) atoms. The highest BCUT2D eigenvalue weighted by Gasteiger charge is 2.11. The number of H-pyrrole nitrogens is 1. The maximum atomic E-state index is 11.2. The van der Waals surface area contributed by atoms with Crippen LogP contribution in [-0.2, 0) is 28.8 Å². The Labute approximate surface area is 453 Å². The van der Waals surface area contributed by atoms with Gasteiger partial charge in [0.15, 0.2) is 23.3 Å². The van der Waals surface area contributed by atoms with Gasteiger partial charge in [0, 0.05) is 109 Å². The third-order valence-electron chi connectivity index (χ3n) is 10.4. The van der Waals surface area contributed by atoms with Gasteiger partial charge < -0.3 is 40.9 Å². The molecule has 9 aromatic heterocycles. The van der Waals surface area contributed by atoms with E-state index in [0.29, 0.717) is 75.0 Å². The van der Waals surface area contributed by atoms with Crippen molar-refractivity contribution in [3.8, 4) is 63.5 Å². The number of nitrogen functional groups attached to an aromatic ring is 1. The Morgan fingerprint density at radius 1 is 0.590 bits per heavy atom. The largest absolute Gasteiger partial charge is 0.493 e. The van der Waals surface area contributed by atoms with Crippen LogP contribution >= 0.6 is 0 Å². The van der Waals surface area contributed by atoms with Crippen molar-refractivity contribution in [2.75, 3.05) is 52.4 Å². The molecule has 0 aromatic carbocycles. The molecular weight excluding hydrogens is 997 g/mol. The van der Waals surface area contributed by atoms with E-state index < -0.39 is 0 Å². The molecule has 0 aliphatic carbocycles. The highest BCUT2D eigenvalue weighted by molar-refractivity contribution is 5.72. The fraction of sp³-hybridized carbons (Fsp3) is 0.315. The van der Waals surface area contributed by atoms with E-state index in [0.717, 1.165) is 71.0 Å². The minimum absolute atomic E-state index is 0. The van der Waals surface area contributed by atoms with E-state index in [2.05, 4.69) is 82.1 Å². The molecular formula is C54H68N18O6. The third-order valence-corrected chi connectivity index (χ3v) is 10.4. The average molecular weight is 1070 g/mol. The third kappa shape index (κ3) is 18.4. The van der Waals surface area contributed by atoms with Crippen LogP contribution in [0.2, 0.25) is 0 Å². The summed E-state index contributed by atoms with van der Waals surface area (Å²) in [5.74, 6) is 5.94. The molecule has 410 valence electrons. The number of pyridine rings is 4. The number of hydrogen-bond donors (Lipinski definition) is 4. The molecule has 0 amide bonds. The number of carbonyl (C=O) groups is 1. The molecule has 0 saturated heterocycles. The molecule has 0 spiro atoms. The first-order valence-corrected chi connectivity index (χ1v) is 24.8. The Hall–Kier alpha value is -9.47. The van der Waals surface area contributed by atoms with Crippen molar-refractivity contribution in [3.05, 3.63) is 146 Å². The average Bonchev–Trinajstić information content (AvgIpc) is 4.36. The van der Waals surface area contributed by atoms with Crippen molar-refractivity contribution >= 4 is 11.8 Å². The highest BCUT2D eigenvalue weighted by Crippen LogP contribution is 2.25. The van der Waals surface area contributed by atoms with Crippen molar-refractivity contribution in [1.29, 1.82) is 5.26 Å². The summed E-state index contributed by atoms with van der Waals surface area (Å²) < 4.78 is 33.3. The number of hydrogen-bond acceptors (Lipinski definition) is 19. The van der Waals surface area contributed by atoms with Crippen LogP contribution in [0, 0.1) is 11.3 Å². The molecule has 24 nitrogen and oxygen atoms in total. The maximum absolute atomic E-state index is 11.2. The van der Waals surface area contributed by atoms with Crippen molar-refractivity contribution in [2.24, 2.45) is 11.5 Å². The molecule has 0 fully saturated rings. The first-order valence-electron chi connectivity index (χ1n) is 24.8. The molecule has 0 unspecified atom stereocenters. The first-order chi connectivity index (χ1) is 37.7. The zero-order chi connectivity index (χ0) is 54.6. The van der Waals surface area contributed by atoms with Gasteiger partial charge in [0.1, 0.15) is 42.0 Å². The molecule has 0 bridgehead atoms. The number of aromatic amines is 1. The molecule has 7 N–H and O–H groups in total. The summed E-state index contributed by atoms with van der Waals surface area (Å²) in [5, 5.41) is 32.2. The number of nitrogens with two attached hydrogens (primary N) is 3. The Kier molecular flexibility index (Phi) is 24.4. The quantitative estimate of drug-likeness (QED) is 0.0515. The maximum Gasteiger partial charge on any atom is 0.310 e. The topological polar surface area (TPSA) is 317 Å². The number of aromatic nitrogens is 14. The lowest BCUT2D eigenvalue weighted by atomic mass is 10.2. The van der Waals surface area contributed by atoms with Gasteiger partial charge in [-0.3, -0.25) is 9.89 Å². The van der Waals surface area contributed by atoms with Crippen molar-refractivity contribution in [1.82, 2.24) is 69.3 Å². The number of nitrogens with zero attached hydrogens (tertiary/aromatic N) is 14. The van der Waals surface area contributed by atoms with Crippen LogP contribution < -0.4 is 36.1 Å². The van der Waals surface area contributed by atoms with E-state index in [-0.39, 0.29) is 19.8 Å². The minimum atomic E-state index is -0.308. The summed E-state index contributed by atoms with van der Waals surface area (Å²) in [7, 11) is 1.35. The van der Waals surface area contributed by atoms with E-state index in [1.807, 2.05) is 55.0 Å². The number of esters is 1. The standard InChI is InChI=1S/C14H16N6O.C13H16N4O3.C13H14N4O.C13H18N4O.CH4/c1-2-5-21-11-3-4-16-13(6-11)20-9-10(7-18-20)12-8-17-19-14(12)15;1-19-13(18)6-10-8-16-17(9-10)12-7-11(2-4-15-12)20-5-3-14;1-2-7-18-12-4-6-15-13(8-12)17-10-11(3-5-14)9-16-17;1-2-3-11-9-16-17(10-11)13-8-12(4-6-15-13)18-7-5-14;/h3-4,6-9H,2,5H2,1H3,(H3,15,17,19);2,4,7-9H,3,5-6,14H2,1H3;4,6,8-10H,2-3,7H2,1H3;4,6,8-10H,2-3,5,7,14H2,1H3;1H4. The van der Waals surface area contributed by atoms with Crippen LogP contribution in [0.25, 0.3) is 34.4 Å². The van der Waals surface area contributed by atoms with Crippen LogP contribution in [-0.4, -0.2) is 122 Å². The molecule has 0 saturated carbocycles. The van der Waals surface area contributed by atoms with Crippen LogP contribution in [0.15, 0.2) is 129 Å². The van der Waals surface area contributed by atoms with Gasteiger partial charge in [-0.1, -0.05) is 34.6 Å². The normalized spacial score (nSPS) is 10.3. The summed E-state index contributed by atoms with van der Waals surface area (Å²) in [6, 6.07) is 16.6.